The van der Waals surface area contributed by atoms with Crippen molar-refractivity contribution in [2.24, 2.45) is 5.92 Å². The van der Waals surface area contributed by atoms with Gasteiger partial charge in [-0.15, -0.1) is 0 Å². The van der Waals surface area contributed by atoms with Crippen LogP contribution in [0.15, 0.2) is 16.9 Å². The van der Waals surface area contributed by atoms with Crippen molar-refractivity contribution in [2.45, 2.75) is 64.6 Å². The molecule has 2 fully saturated rings. The summed E-state index contributed by atoms with van der Waals surface area (Å²) in [5.41, 5.74) is 1.62. The van der Waals surface area contributed by atoms with Gasteiger partial charge in [-0.05, 0) is 38.3 Å². The number of nitrogens with zero attached hydrogens (tertiary/aromatic N) is 7. The second kappa shape index (κ2) is 11.5. The highest BCUT2D eigenvalue weighted by atomic mass is 16.6. The molecule has 208 valence electrons. The van der Waals surface area contributed by atoms with Crippen LogP contribution in [0.25, 0.3) is 11.2 Å². The van der Waals surface area contributed by atoms with Gasteiger partial charge in [-0.1, -0.05) is 25.9 Å². The van der Waals surface area contributed by atoms with Crippen LogP contribution in [0.1, 0.15) is 57.4 Å². The Morgan fingerprint density at radius 1 is 1.18 bits per heavy atom. The van der Waals surface area contributed by atoms with E-state index in [4.69, 9.17) is 19.2 Å². The summed E-state index contributed by atoms with van der Waals surface area (Å²) in [6, 6.07) is 1.72. The number of likely N-dealkylation sites (tertiary alicyclic amines) is 1. The molecule has 0 unspecified atom stereocenters. The molecule has 3 aromatic rings. The maximum atomic E-state index is 11.0. The van der Waals surface area contributed by atoms with Gasteiger partial charge in [0.15, 0.2) is 29.0 Å². The van der Waals surface area contributed by atoms with E-state index in [1.54, 1.807) is 15.5 Å². The molecule has 13 heteroatoms. The standard InChI is InChI=1S/C25H38N8O5/c1-4-16-11-17(38-30-16)21-19(35)20(36)24(37-21)33-13-27-18-22(32(14-34)12-15(2)3)28-25(29-23(18)33)26-7-10-31-8-5-6-9-31/h11,13,15,19-21,24,34-36H,4-10,12,14H2,1-3H3,(H,26,28,29)/t19-,20+,21+,24+/m0/s1. The van der Waals surface area contributed by atoms with Gasteiger partial charge in [0.2, 0.25) is 5.95 Å². The molecule has 5 rings (SSSR count). The Bertz CT molecular complexity index is 1210. The lowest BCUT2D eigenvalue weighted by atomic mass is 10.1. The van der Waals surface area contributed by atoms with Crippen molar-refractivity contribution in [2.75, 3.05) is 49.7 Å². The van der Waals surface area contributed by atoms with Gasteiger partial charge in [0, 0.05) is 25.7 Å². The summed E-state index contributed by atoms with van der Waals surface area (Å²) in [6.07, 6.45) is 0.273. The average molecular weight is 531 g/mol. The third-order valence-corrected chi connectivity index (χ3v) is 7.10. The summed E-state index contributed by atoms with van der Waals surface area (Å²) in [6.45, 7) is 10.1. The lowest BCUT2D eigenvalue weighted by Gasteiger charge is -2.24. The quantitative estimate of drug-likeness (QED) is 0.264. The fourth-order valence-corrected chi connectivity index (χ4v) is 5.12. The van der Waals surface area contributed by atoms with E-state index in [0.29, 0.717) is 48.2 Å². The number of anilines is 2. The third kappa shape index (κ3) is 5.34. The van der Waals surface area contributed by atoms with Crippen LogP contribution in [0.4, 0.5) is 11.8 Å². The maximum Gasteiger partial charge on any atom is 0.226 e. The first kappa shape index (κ1) is 26.8. The fourth-order valence-electron chi connectivity index (χ4n) is 5.12. The molecule has 2 aliphatic heterocycles. The molecule has 2 saturated heterocycles. The Balaban J connectivity index is 1.47. The molecule has 0 amide bonds. The number of imidazole rings is 1. The molecule has 0 aliphatic carbocycles. The largest absolute Gasteiger partial charge is 0.387 e. The van der Waals surface area contributed by atoms with Crippen molar-refractivity contribution in [3.63, 3.8) is 0 Å². The molecule has 4 N–H and O–H groups in total. The van der Waals surface area contributed by atoms with Crippen LogP contribution in [-0.2, 0) is 11.2 Å². The zero-order valence-electron chi connectivity index (χ0n) is 22.2. The van der Waals surface area contributed by atoms with Gasteiger partial charge in [-0.2, -0.15) is 9.97 Å². The second-order valence-corrected chi connectivity index (χ2v) is 10.4. The first-order valence-corrected chi connectivity index (χ1v) is 13.4. The number of ether oxygens (including phenoxy) is 1. The van der Waals surface area contributed by atoms with Crippen molar-refractivity contribution in [1.29, 1.82) is 0 Å². The number of aromatic nitrogens is 5. The highest BCUT2D eigenvalue weighted by Gasteiger charge is 2.47. The Labute approximate surface area is 221 Å². The Morgan fingerprint density at radius 2 is 1.97 bits per heavy atom. The molecule has 0 bridgehead atoms. The summed E-state index contributed by atoms with van der Waals surface area (Å²) in [5.74, 6) is 1.50. The molecule has 38 heavy (non-hydrogen) atoms. The van der Waals surface area contributed by atoms with E-state index >= 15 is 0 Å². The van der Waals surface area contributed by atoms with Crippen LogP contribution in [0.3, 0.4) is 0 Å². The van der Waals surface area contributed by atoms with Crippen LogP contribution in [-0.4, -0.2) is 96.6 Å². The van der Waals surface area contributed by atoms with Gasteiger partial charge < -0.3 is 39.7 Å². The Hall–Kier alpha value is -2.84. The summed E-state index contributed by atoms with van der Waals surface area (Å²) >= 11 is 0. The minimum Gasteiger partial charge on any atom is -0.387 e. The molecular weight excluding hydrogens is 492 g/mol. The van der Waals surface area contributed by atoms with Crippen molar-refractivity contribution in [1.82, 2.24) is 29.6 Å². The minimum absolute atomic E-state index is 0.237. The van der Waals surface area contributed by atoms with Gasteiger partial charge >= 0.3 is 0 Å². The SMILES string of the molecule is CCc1cc([C@H]2O[C@@H](n3cnc4c(N(CO)CC(C)C)nc(NCCN5CCCC5)nc43)[C@H](O)[C@@H]2O)on1. The molecule has 0 spiro atoms. The first-order valence-electron chi connectivity index (χ1n) is 13.4. The average Bonchev–Trinajstić information content (AvgIpc) is 3.71. The van der Waals surface area contributed by atoms with Gasteiger partial charge in [0.05, 0.1) is 12.0 Å². The maximum absolute atomic E-state index is 11.0. The van der Waals surface area contributed by atoms with Gasteiger partial charge in [-0.3, -0.25) is 4.57 Å². The zero-order valence-corrected chi connectivity index (χ0v) is 22.2. The van der Waals surface area contributed by atoms with E-state index in [1.807, 2.05) is 6.92 Å². The predicted molar refractivity (Wildman–Crippen MR) is 140 cm³/mol. The predicted octanol–water partition coefficient (Wildman–Crippen LogP) is 1.29. The van der Waals surface area contributed by atoms with Crippen molar-refractivity contribution in [3.05, 3.63) is 23.8 Å². The molecule has 4 atom stereocenters. The minimum atomic E-state index is -1.26. The zero-order chi connectivity index (χ0) is 26.8. The van der Waals surface area contributed by atoms with Gasteiger partial charge in [0.1, 0.15) is 25.0 Å². The number of aliphatic hydroxyl groups is 3. The highest BCUT2D eigenvalue weighted by Crippen LogP contribution is 2.40. The summed E-state index contributed by atoms with van der Waals surface area (Å²) in [5, 5.41) is 39.2. The number of aryl methyl sites for hydroxylation is 1. The number of rotatable bonds is 11. The number of nitrogens with one attached hydrogen (secondary N) is 1. The normalized spacial score (nSPS) is 24.2. The summed E-state index contributed by atoms with van der Waals surface area (Å²) in [4.78, 5) is 18.1. The van der Waals surface area contributed by atoms with Crippen LogP contribution < -0.4 is 10.2 Å². The molecule has 0 saturated carbocycles. The molecule has 5 heterocycles. The first-order chi connectivity index (χ1) is 18.4. The van der Waals surface area contributed by atoms with E-state index in [-0.39, 0.29) is 12.6 Å². The molecule has 13 nitrogen and oxygen atoms in total. The molecule has 0 aromatic carbocycles. The van der Waals surface area contributed by atoms with Crippen LogP contribution in [0, 0.1) is 5.92 Å². The third-order valence-electron chi connectivity index (χ3n) is 7.10. The summed E-state index contributed by atoms with van der Waals surface area (Å²) in [7, 11) is 0. The highest BCUT2D eigenvalue weighted by molar-refractivity contribution is 5.85. The van der Waals surface area contributed by atoms with Crippen LogP contribution in [0.5, 0.6) is 0 Å². The smallest absolute Gasteiger partial charge is 0.226 e. The number of hydrogen-bond acceptors (Lipinski definition) is 12. The topological polar surface area (TPSA) is 158 Å². The van der Waals surface area contributed by atoms with Gasteiger partial charge in [0.25, 0.3) is 0 Å². The van der Waals surface area contributed by atoms with Gasteiger partial charge in [-0.25, -0.2) is 4.98 Å². The van der Waals surface area contributed by atoms with Crippen molar-refractivity contribution in [3.8, 4) is 0 Å². The summed E-state index contributed by atoms with van der Waals surface area (Å²) < 4.78 is 13.1. The van der Waals surface area contributed by atoms with Crippen LogP contribution in [0.2, 0.25) is 0 Å². The monoisotopic (exact) mass is 530 g/mol. The molecule has 2 aliphatic rings. The van der Waals surface area contributed by atoms with E-state index in [1.165, 1.54) is 19.2 Å². The fraction of sp³-hybridized carbons (Fsp3) is 0.680. The Kier molecular flexibility index (Phi) is 8.09. The van der Waals surface area contributed by atoms with Crippen LogP contribution >= 0.6 is 0 Å². The van der Waals surface area contributed by atoms with E-state index in [0.717, 1.165) is 25.3 Å². The molecule has 3 aromatic heterocycles. The molecule has 0 radical (unpaired) electrons. The number of hydrogen-bond donors (Lipinski definition) is 4. The van der Waals surface area contributed by atoms with E-state index in [9.17, 15) is 15.3 Å². The van der Waals surface area contributed by atoms with E-state index in [2.05, 4.69) is 34.2 Å². The van der Waals surface area contributed by atoms with Crippen molar-refractivity contribution < 1.29 is 24.6 Å². The second-order valence-electron chi connectivity index (χ2n) is 10.4. The lowest BCUT2D eigenvalue weighted by Crippen LogP contribution is -2.31. The molecular formula is C25H38N8O5. The van der Waals surface area contributed by atoms with Crippen molar-refractivity contribution >= 4 is 22.9 Å². The number of fused-ring (bicyclic) bond motifs is 1. The van der Waals surface area contributed by atoms with E-state index < -0.39 is 24.5 Å². The lowest BCUT2D eigenvalue weighted by molar-refractivity contribution is -0.0434. The number of aliphatic hydroxyl groups excluding tert-OH is 3. The Morgan fingerprint density at radius 3 is 2.66 bits per heavy atom.